The number of alkyl halides is 1. The molecule has 0 fully saturated rings. The molecule has 22 heavy (non-hydrogen) atoms. The highest BCUT2D eigenvalue weighted by Crippen LogP contribution is 2.17. The zero-order valence-electron chi connectivity index (χ0n) is 12.5. The smallest absolute Gasteiger partial charge is 0.0998 e. The van der Waals surface area contributed by atoms with Crippen molar-refractivity contribution in [2.45, 2.75) is 25.2 Å². The summed E-state index contributed by atoms with van der Waals surface area (Å²) in [4.78, 5) is 0. The monoisotopic (exact) mass is 352 g/mol. The van der Waals surface area contributed by atoms with Gasteiger partial charge in [-0.3, -0.25) is 0 Å². The quantitative estimate of drug-likeness (QED) is 0.674. The topological polar surface area (TPSA) is 49.8 Å². The molecule has 0 aliphatic carbocycles. The number of hydrogen-bond acceptors (Lipinski definition) is 2. The Bertz CT molecular complexity index is 776. The molecule has 2 nitrogen and oxygen atoms in total. The van der Waals surface area contributed by atoms with Crippen molar-refractivity contribution in [3.05, 3.63) is 69.8 Å². The third-order valence-corrected chi connectivity index (χ3v) is 4.17. The molecule has 0 spiro atoms. The van der Waals surface area contributed by atoms with Crippen LogP contribution in [-0.4, -0.2) is 0 Å². The molecular formula is C19H17BrN2. The van der Waals surface area contributed by atoms with Crippen LogP contribution in [0.4, 0.5) is 0 Å². The van der Waals surface area contributed by atoms with E-state index < -0.39 is 0 Å². The van der Waals surface area contributed by atoms with Crippen LogP contribution >= 0.6 is 15.9 Å². The van der Waals surface area contributed by atoms with Gasteiger partial charge in [0.15, 0.2) is 0 Å². The van der Waals surface area contributed by atoms with E-state index in [2.05, 4.69) is 33.8 Å². The summed E-state index contributed by atoms with van der Waals surface area (Å²) >= 11 is 3.42. The van der Waals surface area contributed by atoms with Gasteiger partial charge in [0.25, 0.3) is 0 Å². The fourth-order valence-electron chi connectivity index (χ4n) is 2.36. The number of nitriles is 1. The normalized spacial score (nSPS) is 9.73. The molecule has 0 bridgehead atoms. The average molecular weight is 353 g/mol. The average Bonchev–Trinajstić information content (AvgIpc) is 2.55. The number of nitrogens with zero attached hydrogens (tertiary/aromatic N) is 1. The van der Waals surface area contributed by atoms with Crippen LogP contribution in [0.2, 0.25) is 0 Å². The number of benzene rings is 2. The first kappa shape index (κ1) is 16.3. The van der Waals surface area contributed by atoms with Gasteiger partial charge in [-0.2, -0.15) is 5.26 Å². The van der Waals surface area contributed by atoms with Crippen molar-refractivity contribution in [1.29, 1.82) is 5.26 Å². The molecule has 0 aliphatic rings. The second-order valence-electron chi connectivity index (χ2n) is 4.99. The Morgan fingerprint density at radius 3 is 2.41 bits per heavy atom. The molecule has 0 aliphatic heterocycles. The lowest BCUT2D eigenvalue weighted by Crippen LogP contribution is -2.01. The Morgan fingerprint density at radius 1 is 1.05 bits per heavy atom. The largest absolute Gasteiger partial charge is 0.326 e. The van der Waals surface area contributed by atoms with Crippen molar-refractivity contribution in [3.8, 4) is 17.9 Å². The second kappa shape index (κ2) is 7.80. The summed E-state index contributed by atoms with van der Waals surface area (Å²) in [6.07, 6.45) is 0.558. The zero-order chi connectivity index (χ0) is 15.9. The predicted octanol–water partition coefficient (Wildman–Crippen LogP) is 3.81. The van der Waals surface area contributed by atoms with E-state index in [0.29, 0.717) is 18.3 Å². The van der Waals surface area contributed by atoms with Gasteiger partial charge in [-0.15, -0.1) is 0 Å². The molecule has 0 aromatic heterocycles. The van der Waals surface area contributed by atoms with Gasteiger partial charge in [0, 0.05) is 23.9 Å². The Balaban J connectivity index is 2.32. The summed E-state index contributed by atoms with van der Waals surface area (Å²) in [6.45, 7) is 2.52. The van der Waals surface area contributed by atoms with E-state index in [0.717, 1.165) is 33.4 Å². The lowest BCUT2D eigenvalue weighted by molar-refractivity contribution is 1.06. The van der Waals surface area contributed by atoms with Crippen LogP contribution in [0.15, 0.2) is 36.4 Å². The summed E-state index contributed by atoms with van der Waals surface area (Å²) in [6, 6.07) is 14.2. The van der Waals surface area contributed by atoms with Crippen molar-refractivity contribution in [2.24, 2.45) is 5.73 Å². The van der Waals surface area contributed by atoms with Crippen molar-refractivity contribution in [1.82, 2.24) is 0 Å². The minimum Gasteiger partial charge on any atom is -0.326 e. The van der Waals surface area contributed by atoms with E-state index in [4.69, 9.17) is 5.73 Å². The Hall–Kier alpha value is -2.07. The number of halogens is 1. The molecule has 0 saturated heterocycles. The van der Waals surface area contributed by atoms with Gasteiger partial charge in [0.05, 0.1) is 11.6 Å². The van der Waals surface area contributed by atoms with Gasteiger partial charge in [-0.05, 0) is 29.2 Å². The fourth-order valence-corrected chi connectivity index (χ4v) is 2.83. The van der Waals surface area contributed by atoms with Gasteiger partial charge < -0.3 is 5.73 Å². The molecule has 0 atom stereocenters. The SMILES string of the molecule is Cc1cccc(CN)c1C#CCc1cccc(CBr)c1C#N. The molecule has 0 saturated carbocycles. The van der Waals surface area contributed by atoms with E-state index in [-0.39, 0.29) is 0 Å². The molecule has 2 aromatic rings. The molecule has 2 rings (SSSR count). The maximum Gasteiger partial charge on any atom is 0.0998 e. The third kappa shape index (κ3) is 3.57. The Labute approximate surface area is 140 Å². The molecule has 2 N–H and O–H groups in total. The third-order valence-electron chi connectivity index (χ3n) is 3.56. The van der Waals surface area contributed by atoms with Gasteiger partial charge in [-0.1, -0.05) is 64.2 Å². The Morgan fingerprint density at radius 2 is 1.73 bits per heavy atom. The molecule has 0 amide bonds. The highest BCUT2D eigenvalue weighted by Gasteiger charge is 2.06. The molecule has 2 aromatic carbocycles. The van der Waals surface area contributed by atoms with Crippen molar-refractivity contribution in [2.75, 3.05) is 0 Å². The molecule has 0 unspecified atom stereocenters. The molecule has 3 heteroatoms. The second-order valence-corrected chi connectivity index (χ2v) is 5.55. The highest BCUT2D eigenvalue weighted by atomic mass is 79.9. The standard InChI is InChI=1S/C19H17BrN2/c1-14-5-2-9-17(12-21)18(14)10-4-7-15-6-3-8-16(11-20)19(15)13-22/h2-3,5-6,8-9H,7,11-12,21H2,1H3. The first-order valence-electron chi connectivity index (χ1n) is 7.05. The number of nitrogens with two attached hydrogens (primary N) is 1. The molecular weight excluding hydrogens is 336 g/mol. The van der Waals surface area contributed by atoms with Crippen LogP contribution in [0.1, 0.15) is 33.4 Å². The molecule has 0 heterocycles. The zero-order valence-corrected chi connectivity index (χ0v) is 14.1. The predicted molar refractivity (Wildman–Crippen MR) is 93.4 cm³/mol. The van der Waals surface area contributed by atoms with Crippen LogP contribution in [-0.2, 0) is 18.3 Å². The fraction of sp³-hybridized carbons (Fsp3) is 0.211. The number of hydrogen-bond donors (Lipinski definition) is 1. The lowest BCUT2D eigenvalue weighted by atomic mass is 9.99. The summed E-state index contributed by atoms with van der Waals surface area (Å²) in [5.74, 6) is 6.41. The molecule has 0 radical (unpaired) electrons. The summed E-state index contributed by atoms with van der Waals surface area (Å²) in [7, 11) is 0. The summed E-state index contributed by atoms with van der Waals surface area (Å²) < 4.78 is 0. The van der Waals surface area contributed by atoms with Crippen LogP contribution in [0.25, 0.3) is 0 Å². The first-order chi connectivity index (χ1) is 10.7. The molecule has 110 valence electrons. The van der Waals surface area contributed by atoms with Crippen LogP contribution in [0.3, 0.4) is 0 Å². The van der Waals surface area contributed by atoms with Crippen LogP contribution < -0.4 is 5.73 Å². The van der Waals surface area contributed by atoms with Gasteiger partial charge in [0.1, 0.15) is 0 Å². The Kier molecular flexibility index (Phi) is 5.78. The highest BCUT2D eigenvalue weighted by molar-refractivity contribution is 9.08. The van der Waals surface area contributed by atoms with E-state index in [1.54, 1.807) is 0 Å². The van der Waals surface area contributed by atoms with Crippen molar-refractivity contribution >= 4 is 15.9 Å². The first-order valence-corrected chi connectivity index (χ1v) is 8.17. The minimum atomic E-state index is 0.480. The van der Waals surface area contributed by atoms with Gasteiger partial charge >= 0.3 is 0 Å². The maximum atomic E-state index is 9.34. The van der Waals surface area contributed by atoms with E-state index in [1.165, 1.54) is 0 Å². The maximum absolute atomic E-state index is 9.34. The van der Waals surface area contributed by atoms with E-state index in [9.17, 15) is 5.26 Å². The van der Waals surface area contributed by atoms with E-state index in [1.807, 2.05) is 43.3 Å². The number of aryl methyl sites for hydroxylation is 1. The van der Waals surface area contributed by atoms with E-state index >= 15 is 0 Å². The lowest BCUT2D eigenvalue weighted by Gasteiger charge is -2.05. The van der Waals surface area contributed by atoms with Crippen molar-refractivity contribution in [3.63, 3.8) is 0 Å². The van der Waals surface area contributed by atoms with Crippen LogP contribution in [0, 0.1) is 30.1 Å². The van der Waals surface area contributed by atoms with Crippen molar-refractivity contribution < 1.29 is 0 Å². The number of rotatable bonds is 3. The van der Waals surface area contributed by atoms with Gasteiger partial charge in [-0.25, -0.2) is 0 Å². The summed E-state index contributed by atoms with van der Waals surface area (Å²) in [5, 5.41) is 10.0. The van der Waals surface area contributed by atoms with Gasteiger partial charge in [0.2, 0.25) is 0 Å². The summed E-state index contributed by atoms with van der Waals surface area (Å²) in [5.41, 5.74) is 11.6. The minimum absolute atomic E-state index is 0.480. The van der Waals surface area contributed by atoms with Crippen LogP contribution in [0.5, 0.6) is 0 Å².